The van der Waals surface area contributed by atoms with Gasteiger partial charge in [0.25, 0.3) is 5.91 Å². The van der Waals surface area contributed by atoms with Crippen molar-refractivity contribution in [2.24, 2.45) is 0 Å². The van der Waals surface area contributed by atoms with Crippen LogP contribution in [0.1, 0.15) is 32.2 Å². The number of quaternary nitrogens is 1. The van der Waals surface area contributed by atoms with Crippen LogP contribution in [0.3, 0.4) is 0 Å². The SMILES string of the molecule is C[NH+](CC(=O)Nc1cc(C(C)(C)C)no1)Cc1ccco1. The van der Waals surface area contributed by atoms with Crippen molar-refractivity contribution in [1.29, 1.82) is 0 Å². The fraction of sp³-hybridized carbons (Fsp3) is 0.467. The molecule has 6 heteroatoms. The van der Waals surface area contributed by atoms with E-state index in [0.29, 0.717) is 19.0 Å². The maximum absolute atomic E-state index is 12.0. The van der Waals surface area contributed by atoms with Crippen LogP contribution in [0.4, 0.5) is 5.88 Å². The number of carbonyl (C=O) groups excluding carboxylic acids is 1. The lowest BCUT2D eigenvalue weighted by atomic mass is 9.92. The van der Waals surface area contributed by atoms with Crippen LogP contribution in [-0.2, 0) is 16.8 Å². The molecule has 2 aromatic rings. The first-order valence-electron chi connectivity index (χ1n) is 6.95. The molecule has 0 radical (unpaired) electrons. The van der Waals surface area contributed by atoms with Crippen LogP contribution in [0.25, 0.3) is 0 Å². The molecule has 1 amide bonds. The molecule has 21 heavy (non-hydrogen) atoms. The van der Waals surface area contributed by atoms with Crippen LogP contribution in [-0.4, -0.2) is 24.7 Å². The van der Waals surface area contributed by atoms with E-state index in [1.807, 2.05) is 40.0 Å². The zero-order chi connectivity index (χ0) is 15.5. The highest BCUT2D eigenvalue weighted by atomic mass is 16.5. The number of anilines is 1. The van der Waals surface area contributed by atoms with Gasteiger partial charge in [0.15, 0.2) is 12.3 Å². The van der Waals surface area contributed by atoms with Crippen LogP contribution in [0.15, 0.2) is 33.4 Å². The fourth-order valence-corrected chi connectivity index (χ4v) is 1.92. The van der Waals surface area contributed by atoms with E-state index >= 15 is 0 Å². The van der Waals surface area contributed by atoms with Crippen molar-refractivity contribution in [3.63, 3.8) is 0 Å². The third kappa shape index (κ3) is 4.46. The van der Waals surface area contributed by atoms with Gasteiger partial charge in [-0.15, -0.1) is 0 Å². The fourth-order valence-electron chi connectivity index (χ4n) is 1.92. The van der Waals surface area contributed by atoms with Gasteiger partial charge in [-0.2, -0.15) is 0 Å². The Labute approximate surface area is 124 Å². The average molecular weight is 292 g/mol. The summed E-state index contributed by atoms with van der Waals surface area (Å²) >= 11 is 0. The Morgan fingerprint density at radius 1 is 1.43 bits per heavy atom. The second-order valence-electron chi connectivity index (χ2n) is 6.26. The number of likely N-dealkylation sites (N-methyl/N-ethyl adjacent to an activating group) is 1. The Hall–Kier alpha value is -2.08. The van der Waals surface area contributed by atoms with Gasteiger partial charge < -0.3 is 13.8 Å². The summed E-state index contributed by atoms with van der Waals surface area (Å²) in [6.07, 6.45) is 1.63. The minimum Gasteiger partial charge on any atom is -0.463 e. The number of hydrogen-bond acceptors (Lipinski definition) is 4. The lowest BCUT2D eigenvalue weighted by Crippen LogP contribution is -3.08. The quantitative estimate of drug-likeness (QED) is 0.869. The standard InChI is InChI=1S/C15H21N3O3/c1-15(2,3)12-8-14(21-17-12)16-13(19)10-18(4)9-11-6-5-7-20-11/h5-8H,9-10H2,1-4H3,(H,16,19)/p+1. The first-order valence-corrected chi connectivity index (χ1v) is 6.95. The molecule has 1 atom stereocenters. The number of furan rings is 1. The highest BCUT2D eigenvalue weighted by molar-refractivity contribution is 5.90. The van der Waals surface area contributed by atoms with Gasteiger partial charge in [0, 0.05) is 11.5 Å². The molecule has 0 fully saturated rings. The van der Waals surface area contributed by atoms with Gasteiger partial charge in [0.05, 0.1) is 19.0 Å². The van der Waals surface area contributed by atoms with Crippen molar-refractivity contribution >= 4 is 11.8 Å². The Kier molecular flexibility index (Phi) is 4.47. The van der Waals surface area contributed by atoms with Gasteiger partial charge in [-0.3, -0.25) is 10.1 Å². The number of nitrogens with one attached hydrogen (secondary N) is 2. The van der Waals surface area contributed by atoms with E-state index < -0.39 is 0 Å². The highest BCUT2D eigenvalue weighted by Gasteiger charge is 2.20. The molecular weight excluding hydrogens is 270 g/mol. The summed E-state index contributed by atoms with van der Waals surface area (Å²) in [4.78, 5) is 13.0. The molecule has 0 saturated carbocycles. The van der Waals surface area contributed by atoms with Crippen molar-refractivity contribution in [3.05, 3.63) is 35.9 Å². The second kappa shape index (κ2) is 6.13. The maximum Gasteiger partial charge on any atom is 0.281 e. The first-order chi connectivity index (χ1) is 9.84. The third-order valence-electron chi connectivity index (χ3n) is 3.06. The molecule has 2 N–H and O–H groups in total. The van der Waals surface area contributed by atoms with Crippen LogP contribution < -0.4 is 10.2 Å². The van der Waals surface area contributed by atoms with Crippen molar-refractivity contribution in [2.45, 2.75) is 32.7 Å². The Morgan fingerprint density at radius 2 is 2.19 bits per heavy atom. The first kappa shape index (κ1) is 15.3. The topological polar surface area (TPSA) is 72.7 Å². The Bertz CT molecular complexity index is 582. The summed E-state index contributed by atoms with van der Waals surface area (Å²) in [5, 5.41) is 6.69. The van der Waals surface area contributed by atoms with E-state index in [2.05, 4.69) is 10.5 Å². The monoisotopic (exact) mass is 292 g/mol. The molecule has 0 aliphatic heterocycles. The maximum atomic E-state index is 12.0. The largest absolute Gasteiger partial charge is 0.463 e. The zero-order valence-electron chi connectivity index (χ0n) is 12.9. The molecule has 0 spiro atoms. The molecule has 1 unspecified atom stereocenters. The summed E-state index contributed by atoms with van der Waals surface area (Å²) in [5.41, 5.74) is 0.711. The summed E-state index contributed by atoms with van der Waals surface area (Å²) in [6.45, 7) is 7.10. The predicted molar refractivity (Wildman–Crippen MR) is 78.0 cm³/mol. The minimum absolute atomic E-state index is 0.103. The van der Waals surface area contributed by atoms with Gasteiger partial charge in [-0.1, -0.05) is 25.9 Å². The molecule has 2 aromatic heterocycles. The van der Waals surface area contributed by atoms with E-state index in [4.69, 9.17) is 8.94 Å². The van der Waals surface area contributed by atoms with Crippen molar-refractivity contribution in [3.8, 4) is 0 Å². The van der Waals surface area contributed by atoms with Gasteiger partial charge >= 0.3 is 0 Å². The number of rotatable bonds is 5. The summed E-state index contributed by atoms with van der Waals surface area (Å²) in [6, 6.07) is 5.50. The van der Waals surface area contributed by atoms with Crippen molar-refractivity contribution in [2.75, 3.05) is 18.9 Å². The van der Waals surface area contributed by atoms with Gasteiger partial charge in [-0.05, 0) is 12.1 Å². The number of hydrogen-bond donors (Lipinski definition) is 2. The van der Waals surface area contributed by atoms with E-state index in [0.717, 1.165) is 16.4 Å². The van der Waals surface area contributed by atoms with Crippen molar-refractivity contribution in [1.82, 2.24) is 5.16 Å². The van der Waals surface area contributed by atoms with Crippen LogP contribution in [0.2, 0.25) is 0 Å². The van der Waals surface area contributed by atoms with Crippen LogP contribution in [0.5, 0.6) is 0 Å². The van der Waals surface area contributed by atoms with Crippen LogP contribution >= 0.6 is 0 Å². The lowest BCUT2D eigenvalue weighted by Gasteiger charge is -2.12. The zero-order valence-corrected chi connectivity index (χ0v) is 12.9. The third-order valence-corrected chi connectivity index (χ3v) is 3.06. The van der Waals surface area contributed by atoms with Gasteiger partial charge in [0.1, 0.15) is 6.54 Å². The molecule has 2 rings (SSSR count). The van der Waals surface area contributed by atoms with Gasteiger partial charge in [-0.25, -0.2) is 0 Å². The molecule has 0 aliphatic carbocycles. The normalized spacial score (nSPS) is 13.1. The molecule has 114 valence electrons. The summed E-state index contributed by atoms with van der Waals surface area (Å²) < 4.78 is 10.4. The molecule has 0 bridgehead atoms. The molecule has 0 saturated heterocycles. The number of aromatic nitrogens is 1. The minimum atomic E-state index is -0.115. The Morgan fingerprint density at radius 3 is 2.76 bits per heavy atom. The number of amides is 1. The predicted octanol–water partition coefficient (Wildman–Crippen LogP) is 1.22. The van der Waals surface area contributed by atoms with Gasteiger partial charge in [0.2, 0.25) is 5.88 Å². The molecule has 6 nitrogen and oxygen atoms in total. The molecular formula is C15H22N3O3+. The second-order valence-corrected chi connectivity index (χ2v) is 6.26. The van der Waals surface area contributed by atoms with E-state index in [1.165, 1.54) is 0 Å². The molecule has 2 heterocycles. The molecule has 0 aliphatic rings. The highest BCUT2D eigenvalue weighted by Crippen LogP contribution is 2.23. The average Bonchev–Trinajstić information content (AvgIpc) is 2.98. The lowest BCUT2D eigenvalue weighted by molar-refractivity contribution is -0.886. The van der Waals surface area contributed by atoms with E-state index in [-0.39, 0.29) is 11.3 Å². The number of nitrogens with zero attached hydrogens (tertiary/aromatic N) is 1. The smallest absolute Gasteiger partial charge is 0.281 e. The van der Waals surface area contributed by atoms with E-state index in [1.54, 1.807) is 12.3 Å². The van der Waals surface area contributed by atoms with E-state index in [9.17, 15) is 4.79 Å². The summed E-state index contributed by atoms with van der Waals surface area (Å²) in [5.74, 6) is 1.13. The Balaban J connectivity index is 1.85. The van der Waals surface area contributed by atoms with Crippen LogP contribution in [0, 0.1) is 0 Å². The number of carbonyl (C=O) groups is 1. The molecule has 0 aromatic carbocycles. The summed E-state index contributed by atoms with van der Waals surface area (Å²) in [7, 11) is 1.93. The van der Waals surface area contributed by atoms with Crippen molar-refractivity contribution < 1.29 is 18.6 Å².